The van der Waals surface area contributed by atoms with Gasteiger partial charge in [0.25, 0.3) is 5.91 Å². The van der Waals surface area contributed by atoms with Crippen LogP contribution in [0.25, 0.3) is 22.5 Å². The molecule has 0 spiro atoms. The zero-order valence-corrected chi connectivity index (χ0v) is 16.6. The van der Waals surface area contributed by atoms with Crippen LogP contribution in [0, 0.1) is 0 Å². The van der Waals surface area contributed by atoms with Crippen LogP contribution in [0.15, 0.2) is 54.6 Å². The van der Waals surface area contributed by atoms with Crippen LogP contribution in [0.4, 0.5) is 13.2 Å². The van der Waals surface area contributed by atoms with Crippen molar-refractivity contribution in [3.63, 3.8) is 0 Å². The summed E-state index contributed by atoms with van der Waals surface area (Å²) in [7, 11) is 1.58. The summed E-state index contributed by atoms with van der Waals surface area (Å²) in [5.74, 6) is -0.195. The molecule has 0 saturated heterocycles. The molecule has 3 rings (SSSR count). The quantitative estimate of drug-likeness (QED) is 0.574. The Morgan fingerprint density at radius 2 is 1.87 bits per heavy atom. The number of amides is 1. The highest BCUT2D eigenvalue weighted by Crippen LogP contribution is 2.32. The number of aromatic amines is 1. The minimum absolute atomic E-state index is 0.0650. The minimum Gasteiger partial charge on any atom is -0.383 e. The van der Waals surface area contributed by atoms with Crippen LogP contribution in [-0.4, -0.2) is 35.9 Å². The molecule has 5 nitrogen and oxygen atoms in total. The Labute approximate surface area is 172 Å². The van der Waals surface area contributed by atoms with E-state index in [4.69, 9.17) is 4.74 Å². The molecule has 3 aromatic rings. The molecule has 0 radical (unpaired) electrons. The molecular weight excluding hydrogens is 395 g/mol. The molecule has 1 unspecified atom stereocenters. The highest BCUT2D eigenvalue weighted by Gasteiger charge is 2.30. The van der Waals surface area contributed by atoms with Crippen LogP contribution in [-0.2, 0) is 10.9 Å². The van der Waals surface area contributed by atoms with Gasteiger partial charge in [0.2, 0.25) is 0 Å². The molecule has 1 heterocycles. The first-order chi connectivity index (χ1) is 14.3. The fourth-order valence-electron chi connectivity index (χ4n) is 3.00. The van der Waals surface area contributed by atoms with Crippen LogP contribution >= 0.6 is 0 Å². The predicted molar refractivity (Wildman–Crippen MR) is 108 cm³/mol. The number of nitrogens with zero attached hydrogens (tertiary/aromatic N) is 1. The first-order valence-corrected chi connectivity index (χ1v) is 9.45. The Kier molecular flexibility index (Phi) is 6.56. The van der Waals surface area contributed by atoms with Gasteiger partial charge in [-0.25, -0.2) is 0 Å². The monoisotopic (exact) mass is 417 g/mol. The Hall–Kier alpha value is -3.13. The van der Waals surface area contributed by atoms with Crippen molar-refractivity contribution in [1.82, 2.24) is 15.5 Å². The second-order valence-corrected chi connectivity index (χ2v) is 6.86. The number of carbonyl (C=O) groups is 1. The smallest absolute Gasteiger partial charge is 0.383 e. The third kappa shape index (κ3) is 5.07. The highest BCUT2D eigenvalue weighted by molar-refractivity contribution is 5.94. The molecule has 0 fully saturated rings. The average Bonchev–Trinajstić information content (AvgIpc) is 3.23. The van der Waals surface area contributed by atoms with Crippen molar-refractivity contribution in [1.29, 1.82) is 0 Å². The molecule has 0 aliphatic heterocycles. The molecule has 30 heavy (non-hydrogen) atoms. The number of benzene rings is 2. The van der Waals surface area contributed by atoms with E-state index in [1.165, 1.54) is 6.07 Å². The van der Waals surface area contributed by atoms with Gasteiger partial charge in [-0.15, -0.1) is 0 Å². The standard InChI is InChI=1S/C22H22F3N3O2/c1-3-18(13-30-2)26-21(29)15-9-7-14(8-10-15)19-12-20(28-27-19)16-5-4-6-17(11-16)22(23,24)25/h4-12,18H,3,13H2,1-2H3,(H,26,29)(H,27,28). The van der Waals surface area contributed by atoms with E-state index in [0.29, 0.717) is 29.1 Å². The van der Waals surface area contributed by atoms with Gasteiger partial charge in [-0.1, -0.05) is 31.2 Å². The molecule has 2 aromatic carbocycles. The molecule has 0 saturated carbocycles. The van der Waals surface area contributed by atoms with E-state index in [1.807, 2.05) is 6.92 Å². The third-order valence-corrected chi connectivity index (χ3v) is 4.72. The lowest BCUT2D eigenvalue weighted by Crippen LogP contribution is -2.37. The molecule has 0 bridgehead atoms. The van der Waals surface area contributed by atoms with Crippen molar-refractivity contribution in [2.75, 3.05) is 13.7 Å². The summed E-state index contributed by atoms with van der Waals surface area (Å²) < 4.78 is 43.9. The fourth-order valence-corrected chi connectivity index (χ4v) is 3.00. The van der Waals surface area contributed by atoms with Crippen LogP contribution in [0.1, 0.15) is 29.3 Å². The average molecular weight is 417 g/mol. The lowest BCUT2D eigenvalue weighted by Gasteiger charge is -2.15. The van der Waals surface area contributed by atoms with Gasteiger partial charge in [-0.2, -0.15) is 18.3 Å². The van der Waals surface area contributed by atoms with E-state index in [2.05, 4.69) is 15.5 Å². The summed E-state index contributed by atoms with van der Waals surface area (Å²) in [6.07, 6.45) is -3.66. The van der Waals surface area contributed by atoms with Crippen LogP contribution < -0.4 is 5.32 Å². The molecular formula is C22H22F3N3O2. The largest absolute Gasteiger partial charge is 0.416 e. The summed E-state index contributed by atoms with van der Waals surface area (Å²) in [4.78, 5) is 12.4. The van der Waals surface area contributed by atoms with Gasteiger partial charge < -0.3 is 10.1 Å². The number of methoxy groups -OCH3 is 1. The molecule has 8 heteroatoms. The van der Waals surface area contributed by atoms with E-state index in [1.54, 1.807) is 43.5 Å². The van der Waals surface area contributed by atoms with E-state index < -0.39 is 11.7 Å². The van der Waals surface area contributed by atoms with Gasteiger partial charge >= 0.3 is 6.18 Å². The number of carbonyl (C=O) groups excluding carboxylic acids is 1. The van der Waals surface area contributed by atoms with Gasteiger partial charge in [0, 0.05) is 18.2 Å². The minimum atomic E-state index is -4.41. The molecule has 158 valence electrons. The topological polar surface area (TPSA) is 67.0 Å². The van der Waals surface area contributed by atoms with Gasteiger partial charge in [0.15, 0.2) is 0 Å². The van der Waals surface area contributed by atoms with Crippen molar-refractivity contribution >= 4 is 5.91 Å². The zero-order valence-electron chi connectivity index (χ0n) is 16.6. The molecule has 1 amide bonds. The van der Waals surface area contributed by atoms with Crippen LogP contribution in [0.5, 0.6) is 0 Å². The molecule has 0 aliphatic rings. The normalized spacial score (nSPS) is 12.6. The van der Waals surface area contributed by atoms with Gasteiger partial charge in [0.1, 0.15) is 0 Å². The summed E-state index contributed by atoms with van der Waals surface area (Å²) in [6, 6.07) is 13.5. The number of alkyl halides is 3. The number of nitrogens with one attached hydrogen (secondary N) is 2. The number of aromatic nitrogens is 2. The second-order valence-electron chi connectivity index (χ2n) is 6.86. The number of rotatable bonds is 7. The zero-order chi connectivity index (χ0) is 21.7. The lowest BCUT2D eigenvalue weighted by molar-refractivity contribution is -0.137. The molecule has 0 aliphatic carbocycles. The number of hydrogen-bond donors (Lipinski definition) is 2. The van der Waals surface area contributed by atoms with Gasteiger partial charge in [-0.3, -0.25) is 9.89 Å². The van der Waals surface area contributed by atoms with Crippen LogP contribution in [0.2, 0.25) is 0 Å². The first kappa shape index (κ1) is 21.6. The maximum Gasteiger partial charge on any atom is 0.416 e. The number of ether oxygens (including phenoxy) is 1. The Morgan fingerprint density at radius 1 is 1.13 bits per heavy atom. The lowest BCUT2D eigenvalue weighted by atomic mass is 10.1. The predicted octanol–water partition coefficient (Wildman–Crippen LogP) is 4.92. The van der Waals surface area contributed by atoms with E-state index >= 15 is 0 Å². The van der Waals surface area contributed by atoms with Crippen molar-refractivity contribution in [3.8, 4) is 22.5 Å². The summed E-state index contributed by atoms with van der Waals surface area (Å²) in [6.45, 7) is 2.40. The van der Waals surface area contributed by atoms with Crippen molar-refractivity contribution in [2.45, 2.75) is 25.6 Å². The van der Waals surface area contributed by atoms with Gasteiger partial charge in [-0.05, 0) is 42.3 Å². The number of halogens is 3. The fraction of sp³-hybridized carbons (Fsp3) is 0.273. The van der Waals surface area contributed by atoms with Crippen LogP contribution in [0.3, 0.4) is 0 Å². The maximum absolute atomic E-state index is 12.9. The maximum atomic E-state index is 12.9. The second kappa shape index (κ2) is 9.13. The van der Waals surface area contributed by atoms with Crippen molar-refractivity contribution < 1.29 is 22.7 Å². The Balaban J connectivity index is 1.76. The van der Waals surface area contributed by atoms with Gasteiger partial charge in [0.05, 0.1) is 29.6 Å². The number of hydrogen-bond acceptors (Lipinski definition) is 3. The Morgan fingerprint density at radius 3 is 2.50 bits per heavy atom. The van der Waals surface area contributed by atoms with E-state index in [-0.39, 0.29) is 11.9 Å². The SMILES string of the molecule is CCC(COC)NC(=O)c1ccc(-c2cc(-c3cccc(C(F)(F)F)c3)n[nH]2)cc1. The summed E-state index contributed by atoms with van der Waals surface area (Å²) >= 11 is 0. The molecule has 1 atom stereocenters. The van der Waals surface area contributed by atoms with Crippen molar-refractivity contribution in [3.05, 3.63) is 65.7 Å². The van der Waals surface area contributed by atoms with Crippen molar-refractivity contribution in [2.24, 2.45) is 0 Å². The third-order valence-electron chi connectivity index (χ3n) is 4.72. The molecule has 2 N–H and O–H groups in total. The first-order valence-electron chi connectivity index (χ1n) is 9.45. The summed E-state index contributed by atoms with van der Waals surface area (Å²) in [5, 5.41) is 9.88. The summed E-state index contributed by atoms with van der Waals surface area (Å²) in [5.41, 5.74) is 1.96. The highest BCUT2D eigenvalue weighted by atomic mass is 19.4. The van der Waals surface area contributed by atoms with E-state index in [0.717, 1.165) is 24.1 Å². The molecule has 1 aromatic heterocycles. The Bertz CT molecular complexity index is 997. The number of H-pyrrole nitrogens is 1. The van der Waals surface area contributed by atoms with E-state index in [9.17, 15) is 18.0 Å².